The van der Waals surface area contributed by atoms with Crippen LogP contribution >= 0.6 is 12.4 Å². The molecule has 0 spiro atoms. The molecule has 3 atom stereocenters. The van der Waals surface area contributed by atoms with Crippen LogP contribution in [0.3, 0.4) is 0 Å². The van der Waals surface area contributed by atoms with Crippen molar-refractivity contribution in [2.75, 3.05) is 29.9 Å². The summed E-state index contributed by atoms with van der Waals surface area (Å²) in [6.45, 7) is 6.79. The molecule has 1 aromatic carbocycles. The highest BCUT2D eigenvalue weighted by Gasteiger charge is 2.28. The topological polar surface area (TPSA) is 44.4 Å². The van der Waals surface area contributed by atoms with E-state index in [4.69, 9.17) is 0 Å². The summed E-state index contributed by atoms with van der Waals surface area (Å²) in [6.07, 6.45) is 3.64. The van der Waals surface area contributed by atoms with Crippen molar-refractivity contribution in [1.29, 1.82) is 0 Å². The number of hydrogen-bond donors (Lipinski definition) is 2. The first kappa shape index (κ1) is 17.9. The van der Waals surface area contributed by atoms with E-state index in [0.717, 1.165) is 30.9 Å². The largest absolute Gasteiger partial charge is 0.382 e. The van der Waals surface area contributed by atoms with Gasteiger partial charge in [-0.15, -0.1) is 12.4 Å². The van der Waals surface area contributed by atoms with Gasteiger partial charge in [0.1, 0.15) is 0 Å². The predicted molar refractivity (Wildman–Crippen MR) is 98.5 cm³/mol. The van der Waals surface area contributed by atoms with Gasteiger partial charge in [0, 0.05) is 19.1 Å². The van der Waals surface area contributed by atoms with Gasteiger partial charge < -0.3 is 15.5 Å². The third-order valence-electron chi connectivity index (χ3n) is 5.33. The molecular formula is C18H28ClN3O. The van der Waals surface area contributed by atoms with Crippen LogP contribution in [-0.2, 0) is 4.79 Å². The van der Waals surface area contributed by atoms with Gasteiger partial charge in [0.2, 0.25) is 5.91 Å². The van der Waals surface area contributed by atoms with Gasteiger partial charge in [0.25, 0.3) is 0 Å². The normalized spacial score (nSPS) is 26.5. The molecule has 1 aromatic rings. The molecule has 1 fully saturated rings. The summed E-state index contributed by atoms with van der Waals surface area (Å²) >= 11 is 0. The zero-order valence-corrected chi connectivity index (χ0v) is 14.9. The minimum absolute atomic E-state index is 0. The molecule has 4 nitrogen and oxygen atoms in total. The Morgan fingerprint density at radius 1 is 1.30 bits per heavy atom. The van der Waals surface area contributed by atoms with Crippen LogP contribution in [0.2, 0.25) is 0 Å². The van der Waals surface area contributed by atoms with E-state index in [1.54, 1.807) is 0 Å². The van der Waals surface area contributed by atoms with Crippen molar-refractivity contribution in [3.63, 3.8) is 0 Å². The van der Waals surface area contributed by atoms with Gasteiger partial charge in [-0.3, -0.25) is 4.79 Å². The fourth-order valence-electron chi connectivity index (χ4n) is 3.72. The Morgan fingerprint density at radius 3 is 2.91 bits per heavy atom. The van der Waals surface area contributed by atoms with Crippen LogP contribution in [0.5, 0.6) is 0 Å². The second-order valence-electron chi connectivity index (χ2n) is 6.81. The summed E-state index contributed by atoms with van der Waals surface area (Å²) in [4.78, 5) is 14.6. The number of fused-ring (bicyclic) bond motifs is 1. The molecule has 1 heterocycles. The predicted octanol–water partition coefficient (Wildman–Crippen LogP) is 3.28. The fourth-order valence-corrected chi connectivity index (χ4v) is 3.72. The molecule has 1 saturated carbocycles. The summed E-state index contributed by atoms with van der Waals surface area (Å²) in [6, 6.07) is 8.56. The van der Waals surface area contributed by atoms with Crippen molar-refractivity contribution in [2.24, 2.45) is 11.8 Å². The first-order chi connectivity index (χ1) is 10.6. The summed E-state index contributed by atoms with van der Waals surface area (Å²) in [7, 11) is 0. The summed E-state index contributed by atoms with van der Waals surface area (Å²) in [5.41, 5.74) is 2.26. The smallest absolute Gasteiger partial charge is 0.239 e. The molecule has 1 aliphatic carbocycles. The molecule has 0 bridgehead atoms. The van der Waals surface area contributed by atoms with Crippen molar-refractivity contribution >= 4 is 29.7 Å². The Morgan fingerprint density at radius 2 is 2.09 bits per heavy atom. The number of hydrogen-bond acceptors (Lipinski definition) is 3. The number of nitrogens with one attached hydrogen (secondary N) is 2. The van der Waals surface area contributed by atoms with Crippen LogP contribution in [0.1, 0.15) is 33.1 Å². The van der Waals surface area contributed by atoms with Gasteiger partial charge in [-0.2, -0.15) is 0 Å². The third kappa shape index (κ3) is 4.11. The van der Waals surface area contributed by atoms with Gasteiger partial charge in [-0.05, 0) is 30.4 Å². The van der Waals surface area contributed by atoms with E-state index in [9.17, 15) is 4.79 Å². The minimum Gasteiger partial charge on any atom is -0.382 e. The molecule has 3 unspecified atom stereocenters. The van der Waals surface area contributed by atoms with Crippen molar-refractivity contribution in [1.82, 2.24) is 5.32 Å². The van der Waals surface area contributed by atoms with Crippen LogP contribution in [0.4, 0.5) is 11.4 Å². The second kappa shape index (κ2) is 7.91. The van der Waals surface area contributed by atoms with Gasteiger partial charge in [-0.25, -0.2) is 0 Å². The maximum Gasteiger partial charge on any atom is 0.239 e. The summed E-state index contributed by atoms with van der Waals surface area (Å²) in [5, 5.41) is 6.66. The lowest BCUT2D eigenvalue weighted by molar-refractivity contribution is -0.121. The van der Waals surface area contributed by atoms with Crippen molar-refractivity contribution in [3.05, 3.63) is 24.3 Å². The fraction of sp³-hybridized carbons (Fsp3) is 0.611. The first-order valence-corrected chi connectivity index (χ1v) is 8.52. The number of halogens is 1. The lowest BCUT2D eigenvalue weighted by Gasteiger charge is -2.36. The van der Waals surface area contributed by atoms with Gasteiger partial charge in [0.05, 0.1) is 17.9 Å². The highest BCUT2D eigenvalue weighted by molar-refractivity contribution is 5.85. The number of para-hydroxylation sites is 2. The second-order valence-corrected chi connectivity index (χ2v) is 6.81. The Balaban J connectivity index is 0.00000192. The van der Waals surface area contributed by atoms with E-state index in [0.29, 0.717) is 24.4 Å². The number of carbonyl (C=O) groups excluding carboxylic acids is 1. The van der Waals surface area contributed by atoms with Crippen molar-refractivity contribution in [2.45, 2.75) is 39.2 Å². The number of carbonyl (C=O) groups is 1. The van der Waals surface area contributed by atoms with Crippen LogP contribution in [0, 0.1) is 11.8 Å². The molecule has 5 heteroatoms. The number of rotatable bonds is 3. The maximum atomic E-state index is 12.5. The monoisotopic (exact) mass is 337 g/mol. The van der Waals surface area contributed by atoms with Crippen LogP contribution < -0.4 is 15.5 Å². The lowest BCUT2D eigenvalue weighted by Crippen LogP contribution is -2.48. The molecule has 2 N–H and O–H groups in total. The SMILES string of the molecule is CC1CCCC(NC(=O)CN2CCNc3ccccc32)C1C.Cl. The summed E-state index contributed by atoms with van der Waals surface area (Å²) in [5.74, 6) is 1.44. The van der Waals surface area contributed by atoms with E-state index in [-0.39, 0.29) is 18.3 Å². The number of amides is 1. The van der Waals surface area contributed by atoms with Gasteiger partial charge in [-0.1, -0.05) is 38.8 Å². The Hall–Kier alpha value is -1.42. The average molecular weight is 338 g/mol. The molecule has 0 saturated heterocycles. The Bertz CT molecular complexity index is 537. The van der Waals surface area contributed by atoms with Crippen LogP contribution in [-0.4, -0.2) is 31.6 Å². The standard InChI is InChI=1S/C18H27N3O.ClH/c1-13-6-5-8-15(14(13)2)20-18(22)12-21-11-10-19-16-7-3-4-9-17(16)21;/h3-4,7,9,13-15,19H,5-6,8,10-12H2,1-2H3,(H,20,22);1H. The van der Waals surface area contributed by atoms with Gasteiger partial charge in [0.15, 0.2) is 0 Å². The number of benzene rings is 1. The molecule has 0 radical (unpaired) electrons. The van der Waals surface area contributed by atoms with Gasteiger partial charge >= 0.3 is 0 Å². The molecule has 3 rings (SSSR count). The van der Waals surface area contributed by atoms with E-state index in [2.05, 4.69) is 41.5 Å². The molecule has 128 valence electrons. The summed E-state index contributed by atoms with van der Waals surface area (Å²) < 4.78 is 0. The molecular weight excluding hydrogens is 310 g/mol. The molecule has 1 amide bonds. The van der Waals surface area contributed by atoms with Crippen molar-refractivity contribution in [3.8, 4) is 0 Å². The average Bonchev–Trinajstić information content (AvgIpc) is 2.52. The molecule has 1 aliphatic heterocycles. The zero-order valence-electron chi connectivity index (χ0n) is 14.0. The third-order valence-corrected chi connectivity index (χ3v) is 5.33. The highest BCUT2D eigenvalue weighted by atomic mass is 35.5. The van der Waals surface area contributed by atoms with E-state index in [1.165, 1.54) is 12.8 Å². The van der Waals surface area contributed by atoms with Crippen molar-refractivity contribution < 1.29 is 4.79 Å². The van der Waals surface area contributed by atoms with E-state index in [1.807, 2.05) is 12.1 Å². The number of nitrogens with zero attached hydrogens (tertiary/aromatic N) is 1. The molecule has 2 aliphatic rings. The Kier molecular flexibility index (Phi) is 6.17. The highest BCUT2D eigenvalue weighted by Crippen LogP contribution is 2.30. The van der Waals surface area contributed by atoms with E-state index >= 15 is 0 Å². The quantitative estimate of drug-likeness (QED) is 0.889. The Labute approximate surface area is 145 Å². The van der Waals surface area contributed by atoms with Crippen LogP contribution in [0.15, 0.2) is 24.3 Å². The van der Waals surface area contributed by atoms with Crippen LogP contribution in [0.25, 0.3) is 0 Å². The lowest BCUT2D eigenvalue weighted by atomic mass is 9.78. The molecule has 0 aromatic heterocycles. The van der Waals surface area contributed by atoms with E-state index < -0.39 is 0 Å². The minimum atomic E-state index is 0. The zero-order chi connectivity index (χ0) is 15.5. The first-order valence-electron chi connectivity index (χ1n) is 8.52. The maximum absolute atomic E-state index is 12.5. The molecule has 23 heavy (non-hydrogen) atoms. The number of anilines is 2.